The summed E-state index contributed by atoms with van der Waals surface area (Å²) in [6.07, 6.45) is 3.36. The highest BCUT2D eigenvalue weighted by atomic mass is 32.2. The van der Waals surface area contributed by atoms with Gasteiger partial charge in [0.2, 0.25) is 10.0 Å². The fourth-order valence-electron chi connectivity index (χ4n) is 3.25. The summed E-state index contributed by atoms with van der Waals surface area (Å²) in [6.45, 7) is 1.42. The molecule has 0 aliphatic carbocycles. The molecule has 1 saturated heterocycles. The lowest BCUT2D eigenvalue weighted by Gasteiger charge is -2.15. The molecule has 27 heavy (non-hydrogen) atoms. The highest BCUT2D eigenvalue weighted by Gasteiger charge is 2.27. The van der Waals surface area contributed by atoms with E-state index in [2.05, 4.69) is 5.32 Å². The van der Waals surface area contributed by atoms with Gasteiger partial charge in [-0.1, -0.05) is 0 Å². The highest BCUT2D eigenvalue weighted by molar-refractivity contribution is 7.89. The van der Waals surface area contributed by atoms with E-state index in [9.17, 15) is 18.3 Å². The van der Waals surface area contributed by atoms with Crippen LogP contribution in [-0.4, -0.2) is 47.9 Å². The number of benzene rings is 1. The van der Waals surface area contributed by atoms with E-state index >= 15 is 0 Å². The standard InChI is InChI=1S/C19H25N3O4S/c1-21-12-4-5-17(21)18(23)10-11-20-19(24)15-6-8-16(9-7-15)27(25,26)22-13-2-3-14-22/h4-9,12,18,23H,2-3,10-11,13-14H2,1H3,(H,20,24). The molecule has 2 heterocycles. The van der Waals surface area contributed by atoms with E-state index in [1.54, 1.807) is 0 Å². The van der Waals surface area contributed by atoms with Gasteiger partial charge < -0.3 is 15.0 Å². The summed E-state index contributed by atoms with van der Waals surface area (Å²) in [5.41, 5.74) is 1.18. The van der Waals surface area contributed by atoms with Crippen LogP contribution in [-0.2, 0) is 17.1 Å². The number of hydrogen-bond donors (Lipinski definition) is 2. The molecule has 146 valence electrons. The summed E-state index contributed by atoms with van der Waals surface area (Å²) in [7, 11) is -1.62. The molecule has 1 amide bonds. The Bertz CT molecular complexity index is 884. The van der Waals surface area contributed by atoms with Gasteiger partial charge in [0.25, 0.3) is 5.91 Å². The van der Waals surface area contributed by atoms with E-state index < -0.39 is 16.1 Å². The lowest BCUT2D eigenvalue weighted by atomic mass is 10.1. The topological polar surface area (TPSA) is 91.6 Å². The molecule has 1 aromatic carbocycles. The zero-order valence-corrected chi connectivity index (χ0v) is 16.2. The number of rotatable bonds is 7. The van der Waals surface area contributed by atoms with Crippen LogP contribution in [0.1, 0.15) is 41.4 Å². The van der Waals surface area contributed by atoms with Gasteiger partial charge >= 0.3 is 0 Å². The Balaban J connectivity index is 1.55. The van der Waals surface area contributed by atoms with Gasteiger partial charge in [0.15, 0.2) is 0 Å². The summed E-state index contributed by atoms with van der Waals surface area (Å²) < 4.78 is 28.3. The van der Waals surface area contributed by atoms with Crippen molar-refractivity contribution in [1.82, 2.24) is 14.2 Å². The number of carbonyl (C=O) groups excluding carboxylic acids is 1. The molecule has 1 aromatic heterocycles. The molecule has 1 aliphatic heterocycles. The molecule has 2 aromatic rings. The normalized spacial score (nSPS) is 16.4. The third kappa shape index (κ3) is 4.40. The summed E-state index contributed by atoms with van der Waals surface area (Å²) in [5, 5.41) is 12.9. The van der Waals surface area contributed by atoms with Crippen LogP contribution in [0, 0.1) is 0 Å². The first-order chi connectivity index (χ1) is 12.9. The highest BCUT2D eigenvalue weighted by Crippen LogP contribution is 2.21. The smallest absolute Gasteiger partial charge is 0.251 e. The number of nitrogens with zero attached hydrogens (tertiary/aromatic N) is 2. The molecule has 0 spiro atoms. The van der Waals surface area contributed by atoms with Crippen LogP contribution in [0.4, 0.5) is 0 Å². The zero-order chi connectivity index (χ0) is 19.4. The first-order valence-electron chi connectivity index (χ1n) is 9.07. The average molecular weight is 391 g/mol. The number of hydrogen-bond acceptors (Lipinski definition) is 4. The molecule has 1 atom stereocenters. The van der Waals surface area contributed by atoms with Crippen molar-refractivity contribution in [2.75, 3.05) is 19.6 Å². The van der Waals surface area contributed by atoms with Gasteiger partial charge in [0, 0.05) is 44.1 Å². The molecule has 0 radical (unpaired) electrons. The van der Waals surface area contributed by atoms with Crippen molar-refractivity contribution < 1.29 is 18.3 Å². The maximum Gasteiger partial charge on any atom is 0.251 e. The second-order valence-corrected chi connectivity index (χ2v) is 8.68. The predicted octanol–water partition coefficient (Wildman–Crippen LogP) is 1.66. The zero-order valence-electron chi connectivity index (χ0n) is 15.3. The first kappa shape index (κ1) is 19.6. The van der Waals surface area contributed by atoms with Gasteiger partial charge in [-0.05, 0) is 55.7 Å². The number of nitrogens with one attached hydrogen (secondary N) is 1. The summed E-state index contributed by atoms with van der Waals surface area (Å²) in [5.74, 6) is -0.292. The van der Waals surface area contributed by atoms with Crippen molar-refractivity contribution in [3.63, 3.8) is 0 Å². The Kier molecular flexibility index (Phi) is 5.98. The van der Waals surface area contributed by atoms with Crippen molar-refractivity contribution in [2.24, 2.45) is 7.05 Å². The Morgan fingerprint density at radius 1 is 1.19 bits per heavy atom. The number of aliphatic hydroxyl groups is 1. The monoisotopic (exact) mass is 391 g/mol. The molecule has 8 heteroatoms. The molecule has 0 saturated carbocycles. The number of aliphatic hydroxyl groups excluding tert-OH is 1. The Labute approximate surface area is 159 Å². The van der Waals surface area contributed by atoms with E-state index in [0.717, 1.165) is 18.5 Å². The van der Waals surface area contributed by atoms with Crippen molar-refractivity contribution in [3.8, 4) is 0 Å². The minimum Gasteiger partial charge on any atom is -0.387 e. The molecule has 0 bridgehead atoms. The maximum absolute atomic E-state index is 12.5. The third-order valence-corrected chi connectivity index (χ3v) is 6.76. The van der Waals surface area contributed by atoms with Gasteiger partial charge in [-0.3, -0.25) is 4.79 Å². The molecule has 3 rings (SSSR count). The summed E-state index contributed by atoms with van der Waals surface area (Å²) in [6, 6.07) is 9.68. The van der Waals surface area contributed by atoms with Crippen LogP contribution < -0.4 is 5.32 Å². The first-order valence-corrected chi connectivity index (χ1v) is 10.5. The van der Waals surface area contributed by atoms with Gasteiger partial charge in [0.1, 0.15) is 0 Å². The third-order valence-electron chi connectivity index (χ3n) is 4.85. The van der Waals surface area contributed by atoms with E-state index in [4.69, 9.17) is 0 Å². The fraction of sp³-hybridized carbons (Fsp3) is 0.421. The molecule has 1 fully saturated rings. The van der Waals surface area contributed by atoms with E-state index in [1.807, 2.05) is 29.9 Å². The Morgan fingerprint density at radius 3 is 2.44 bits per heavy atom. The van der Waals surface area contributed by atoms with Crippen LogP contribution in [0.3, 0.4) is 0 Å². The summed E-state index contributed by atoms with van der Waals surface area (Å²) >= 11 is 0. The second-order valence-electron chi connectivity index (χ2n) is 6.74. The van der Waals surface area contributed by atoms with Crippen molar-refractivity contribution >= 4 is 15.9 Å². The lowest BCUT2D eigenvalue weighted by molar-refractivity contribution is 0.0941. The van der Waals surface area contributed by atoms with Crippen LogP contribution in [0.25, 0.3) is 0 Å². The summed E-state index contributed by atoms with van der Waals surface area (Å²) in [4.78, 5) is 12.4. The quantitative estimate of drug-likeness (QED) is 0.751. The number of aromatic nitrogens is 1. The minimum atomic E-state index is -3.47. The van der Waals surface area contributed by atoms with Crippen molar-refractivity contribution in [2.45, 2.75) is 30.3 Å². The Hall–Kier alpha value is -2.16. The predicted molar refractivity (Wildman–Crippen MR) is 102 cm³/mol. The van der Waals surface area contributed by atoms with Gasteiger partial charge in [0.05, 0.1) is 11.0 Å². The van der Waals surface area contributed by atoms with Crippen molar-refractivity contribution in [3.05, 3.63) is 53.9 Å². The molecule has 7 nitrogen and oxygen atoms in total. The van der Waals surface area contributed by atoms with E-state index in [0.29, 0.717) is 31.6 Å². The molecule has 1 unspecified atom stereocenters. The number of sulfonamides is 1. The van der Waals surface area contributed by atoms with E-state index in [-0.39, 0.29) is 10.8 Å². The molecular weight excluding hydrogens is 366 g/mol. The maximum atomic E-state index is 12.5. The number of aryl methyl sites for hydroxylation is 1. The molecule has 1 aliphatic rings. The van der Waals surface area contributed by atoms with Crippen LogP contribution in [0.15, 0.2) is 47.5 Å². The average Bonchev–Trinajstić information content (AvgIpc) is 3.33. The van der Waals surface area contributed by atoms with Gasteiger partial charge in [-0.15, -0.1) is 0 Å². The SMILES string of the molecule is Cn1cccc1C(O)CCNC(=O)c1ccc(S(=O)(=O)N2CCCC2)cc1. The largest absolute Gasteiger partial charge is 0.387 e. The van der Waals surface area contributed by atoms with Crippen LogP contribution in [0.2, 0.25) is 0 Å². The van der Waals surface area contributed by atoms with E-state index in [1.165, 1.54) is 28.6 Å². The number of amides is 1. The Morgan fingerprint density at radius 2 is 1.85 bits per heavy atom. The van der Waals surface area contributed by atoms with Crippen LogP contribution >= 0.6 is 0 Å². The van der Waals surface area contributed by atoms with Gasteiger partial charge in [-0.2, -0.15) is 4.31 Å². The van der Waals surface area contributed by atoms with Crippen LogP contribution in [0.5, 0.6) is 0 Å². The number of carbonyl (C=O) groups is 1. The minimum absolute atomic E-state index is 0.208. The molecule has 2 N–H and O–H groups in total. The van der Waals surface area contributed by atoms with Gasteiger partial charge in [-0.25, -0.2) is 8.42 Å². The molecular formula is C19H25N3O4S. The van der Waals surface area contributed by atoms with Crippen molar-refractivity contribution in [1.29, 1.82) is 0 Å². The second kappa shape index (κ2) is 8.24. The fourth-order valence-corrected chi connectivity index (χ4v) is 4.77. The lowest BCUT2D eigenvalue weighted by Crippen LogP contribution is -2.28.